The van der Waals surface area contributed by atoms with E-state index in [9.17, 15) is 0 Å². The molecule has 0 aromatic carbocycles. The van der Waals surface area contributed by atoms with E-state index < -0.39 is 0 Å². The van der Waals surface area contributed by atoms with Crippen LogP contribution in [-0.4, -0.2) is 45.3 Å². The van der Waals surface area contributed by atoms with Gasteiger partial charge in [0, 0.05) is 19.1 Å². The lowest BCUT2D eigenvalue weighted by Gasteiger charge is -2.34. The van der Waals surface area contributed by atoms with E-state index in [2.05, 4.69) is 34.1 Å². The highest BCUT2D eigenvalue weighted by Crippen LogP contribution is 2.13. The quantitative estimate of drug-likeness (QED) is 0.827. The third-order valence-corrected chi connectivity index (χ3v) is 3.64. The number of rotatable bonds is 6. The van der Waals surface area contributed by atoms with Crippen molar-refractivity contribution >= 4 is 0 Å². The lowest BCUT2D eigenvalue weighted by molar-refractivity contribution is 0.152. The SMILES string of the molecule is CCCN(Cc1ncnn1CC)C1CCCNC1. The maximum atomic E-state index is 4.39. The zero-order valence-corrected chi connectivity index (χ0v) is 11.6. The van der Waals surface area contributed by atoms with E-state index >= 15 is 0 Å². The minimum atomic E-state index is 0.653. The average molecular weight is 251 g/mol. The van der Waals surface area contributed by atoms with Crippen LogP contribution in [0.4, 0.5) is 0 Å². The number of hydrogen-bond donors (Lipinski definition) is 1. The predicted octanol–water partition coefficient (Wildman–Crippen LogP) is 1.26. The minimum Gasteiger partial charge on any atom is -0.315 e. The normalized spacial score (nSPS) is 20.5. The van der Waals surface area contributed by atoms with Gasteiger partial charge >= 0.3 is 0 Å². The molecular weight excluding hydrogens is 226 g/mol. The fourth-order valence-electron chi connectivity index (χ4n) is 2.68. The van der Waals surface area contributed by atoms with E-state index in [1.807, 2.05) is 4.68 Å². The van der Waals surface area contributed by atoms with Crippen LogP contribution in [0.15, 0.2) is 6.33 Å². The summed E-state index contributed by atoms with van der Waals surface area (Å²) in [5.41, 5.74) is 0. The zero-order valence-electron chi connectivity index (χ0n) is 11.6. The molecule has 2 heterocycles. The molecule has 0 aliphatic carbocycles. The van der Waals surface area contributed by atoms with E-state index in [4.69, 9.17) is 0 Å². The Morgan fingerprint density at radius 2 is 2.39 bits per heavy atom. The van der Waals surface area contributed by atoms with E-state index in [1.165, 1.54) is 25.8 Å². The molecule has 1 N–H and O–H groups in total. The summed E-state index contributed by atoms with van der Waals surface area (Å²) in [7, 11) is 0. The molecule has 1 fully saturated rings. The van der Waals surface area contributed by atoms with Gasteiger partial charge in [-0.05, 0) is 39.3 Å². The standard InChI is InChI=1S/C13H25N5/c1-3-8-17(12-6-5-7-14-9-12)10-13-15-11-16-18(13)4-2/h11-12,14H,3-10H2,1-2H3. The number of nitrogens with zero attached hydrogens (tertiary/aromatic N) is 4. The molecule has 5 heteroatoms. The summed E-state index contributed by atoms with van der Waals surface area (Å²) in [5.74, 6) is 1.09. The summed E-state index contributed by atoms with van der Waals surface area (Å²) >= 11 is 0. The molecule has 1 saturated heterocycles. The highest BCUT2D eigenvalue weighted by molar-refractivity contribution is 4.88. The van der Waals surface area contributed by atoms with Crippen LogP contribution in [0.25, 0.3) is 0 Å². The molecule has 102 valence electrons. The van der Waals surface area contributed by atoms with E-state index in [0.29, 0.717) is 6.04 Å². The van der Waals surface area contributed by atoms with Gasteiger partial charge in [0.15, 0.2) is 0 Å². The van der Waals surface area contributed by atoms with Crippen molar-refractivity contribution in [3.63, 3.8) is 0 Å². The van der Waals surface area contributed by atoms with Crippen molar-refractivity contribution in [2.75, 3.05) is 19.6 Å². The minimum absolute atomic E-state index is 0.653. The molecule has 2 rings (SSSR count). The Labute approximate surface area is 110 Å². The van der Waals surface area contributed by atoms with Gasteiger partial charge in [-0.2, -0.15) is 5.10 Å². The first-order valence-corrected chi connectivity index (χ1v) is 7.16. The lowest BCUT2D eigenvalue weighted by Crippen LogP contribution is -2.46. The molecule has 1 aromatic heterocycles. The van der Waals surface area contributed by atoms with Crippen LogP contribution in [0.5, 0.6) is 0 Å². The molecule has 5 nitrogen and oxygen atoms in total. The third kappa shape index (κ3) is 3.29. The zero-order chi connectivity index (χ0) is 12.8. The summed E-state index contributed by atoms with van der Waals surface area (Å²) in [6, 6.07) is 0.653. The van der Waals surface area contributed by atoms with Gasteiger partial charge in [0.05, 0.1) is 6.54 Å². The van der Waals surface area contributed by atoms with E-state index in [-0.39, 0.29) is 0 Å². The Hall–Kier alpha value is -0.940. The highest BCUT2D eigenvalue weighted by Gasteiger charge is 2.21. The topological polar surface area (TPSA) is 46.0 Å². The average Bonchev–Trinajstić information content (AvgIpc) is 2.86. The maximum Gasteiger partial charge on any atom is 0.141 e. The predicted molar refractivity (Wildman–Crippen MR) is 72.3 cm³/mol. The van der Waals surface area contributed by atoms with Crippen LogP contribution < -0.4 is 5.32 Å². The van der Waals surface area contributed by atoms with Crippen LogP contribution in [0.2, 0.25) is 0 Å². The largest absolute Gasteiger partial charge is 0.315 e. The van der Waals surface area contributed by atoms with Crippen molar-refractivity contribution in [3.05, 3.63) is 12.2 Å². The van der Waals surface area contributed by atoms with Crippen LogP contribution in [0.1, 0.15) is 38.9 Å². The van der Waals surface area contributed by atoms with Gasteiger partial charge in [-0.15, -0.1) is 0 Å². The van der Waals surface area contributed by atoms with Gasteiger partial charge in [-0.25, -0.2) is 9.67 Å². The lowest BCUT2D eigenvalue weighted by atomic mass is 10.1. The molecule has 0 saturated carbocycles. The van der Waals surface area contributed by atoms with Gasteiger partial charge in [0.2, 0.25) is 0 Å². The van der Waals surface area contributed by atoms with Gasteiger partial charge in [-0.1, -0.05) is 6.92 Å². The number of nitrogens with one attached hydrogen (secondary N) is 1. The molecule has 0 bridgehead atoms. The van der Waals surface area contributed by atoms with Crippen molar-refractivity contribution < 1.29 is 0 Å². The van der Waals surface area contributed by atoms with Crippen LogP contribution >= 0.6 is 0 Å². The monoisotopic (exact) mass is 251 g/mol. The van der Waals surface area contributed by atoms with Crippen molar-refractivity contribution in [1.82, 2.24) is 25.0 Å². The molecule has 0 amide bonds. The highest BCUT2D eigenvalue weighted by atomic mass is 15.3. The summed E-state index contributed by atoms with van der Waals surface area (Å²) in [6.45, 7) is 9.61. The Morgan fingerprint density at radius 3 is 3.06 bits per heavy atom. The second-order valence-corrected chi connectivity index (χ2v) is 4.96. The Balaban J connectivity index is 2.00. The van der Waals surface area contributed by atoms with Crippen molar-refractivity contribution in [2.45, 2.75) is 52.2 Å². The molecule has 1 unspecified atom stereocenters. The maximum absolute atomic E-state index is 4.39. The number of piperidine rings is 1. The van der Waals surface area contributed by atoms with Crippen molar-refractivity contribution in [3.8, 4) is 0 Å². The molecule has 1 aromatic rings. The smallest absolute Gasteiger partial charge is 0.141 e. The number of aromatic nitrogens is 3. The molecular formula is C13H25N5. The first-order valence-electron chi connectivity index (χ1n) is 7.16. The van der Waals surface area contributed by atoms with Gasteiger partial charge < -0.3 is 5.32 Å². The fourth-order valence-corrected chi connectivity index (χ4v) is 2.68. The Bertz CT molecular complexity index is 343. The van der Waals surface area contributed by atoms with Crippen molar-refractivity contribution in [1.29, 1.82) is 0 Å². The van der Waals surface area contributed by atoms with Gasteiger partial charge in [0.25, 0.3) is 0 Å². The second kappa shape index (κ2) is 6.85. The molecule has 1 aliphatic heterocycles. The van der Waals surface area contributed by atoms with Crippen LogP contribution in [-0.2, 0) is 13.1 Å². The number of aryl methyl sites for hydroxylation is 1. The van der Waals surface area contributed by atoms with Gasteiger partial charge in [-0.3, -0.25) is 4.90 Å². The first kappa shape index (κ1) is 13.5. The molecule has 0 radical (unpaired) electrons. The first-order chi connectivity index (χ1) is 8.85. The molecule has 1 aliphatic rings. The van der Waals surface area contributed by atoms with E-state index in [1.54, 1.807) is 6.33 Å². The summed E-state index contributed by atoms with van der Waals surface area (Å²) in [5, 5.41) is 7.75. The molecule has 18 heavy (non-hydrogen) atoms. The second-order valence-electron chi connectivity index (χ2n) is 4.96. The van der Waals surface area contributed by atoms with Crippen LogP contribution in [0.3, 0.4) is 0 Å². The van der Waals surface area contributed by atoms with E-state index in [0.717, 1.165) is 32.0 Å². The molecule has 1 atom stereocenters. The van der Waals surface area contributed by atoms with Gasteiger partial charge in [0.1, 0.15) is 12.2 Å². The number of hydrogen-bond acceptors (Lipinski definition) is 4. The fraction of sp³-hybridized carbons (Fsp3) is 0.846. The van der Waals surface area contributed by atoms with Crippen LogP contribution in [0, 0.1) is 0 Å². The summed E-state index contributed by atoms with van der Waals surface area (Å²) in [6.07, 6.45) is 5.44. The summed E-state index contributed by atoms with van der Waals surface area (Å²) in [4.78, 5) is 6.95. The molecule has 0 spiro atoms. The Kier molecular flexibility index (Phi) is 5.13. The van der Waals surface area contributed by atoms with Crippen molar-refractivity contribution in [2.24, 2.45) is 0 Å². The third-order valence-electron chi connectivity index (χ3n) is 3.64. The summed E-state index contributed by atoms with van der Waals surface area (Å²) < 4.78 is 2.00. The Morgan fingerprint density at radius 1 is 1.50 bits per heavy atom.